The van der Waals surface area contributed by atoms with Crippen molar-refractivity contribution in [3.05, 3.63) is 182 Å². The molecule has 12 atom stereocenters. The summed E-state index contributed by atoms with van der Waals surface area (Å²) in [6, 6.07) is 53.0. The van der Waals surface area contributed by atoms with E-state index in [0.717, 1.165) is 62.7 Å². The Morgan fingerprint density at radius 2 is 1.14 bits per heavy atom. The van der Waals surface area contributed by atoms with Gasteiger partial charge in [-0.3, -0.25) is 4.79 Å². The van der Waals surface area contributed by atoms with E-state index in [1.165, 1.54) is 0 Å². The molecule has 0 aromatic heterocycles. The third-order valence-electron chi connectivity index (χ3n) is 19.6. The normalized spacial score (nSPS) is 25.0. The molecular weight excluding hydrogens is 1170 g/mol. The SMILES string of the molecule is C=C=C(C)C[C@H](CC[C@@H]1O[C@@H](CC(C(=O)C[C@H]2O[C@H]3[C@@H](O[Si](c4ccccc4)(c4ccccc4)C(C)(C)C)[C@H]4O[C@@H](CC=O)CC[C@@H]4O[C@H]3[C@H]2O[Si](c2ccccc2)(c2ccccc2)C(C)(C)C)S(=O)(=O)c2ccccc2)CC1=C)O[Si](CC)(CC)CC. The lowest BCUT2D eigenvalue weighted by Crippen LogP contribution is -2.73. The Bertz CT molecular complexity index is 3190. The summed E-state index contributed by atoms with van der Waals surface area (Å²) in [5.74, 6) is -0.509. The van der Waals surface area contributed by atoms with E-state index in [-0.39, 0.29) is 42.5 Å². The molecule has 0 spiro atoms. The Morgan fingerprint density at radius 3 is 1.60 bits per heavy atom. The fraction of sp³-hybridized carbons (Fsp3) is 0.493. The molecule has 0 amide bonds. The third-order valence-corrected chi connectivity index (χ3v) is 36.5. The van der Waals surface area contributed by atoms with Crippen LogP contribution >= 0.6 is 0 Å². The molecule has 4 heterocycles. The van der Waals surface area contributed by atoms with Gasteiger partial charge in [0.05, 0.1) is 35.4 Å². The number of hydrogen-bond donors (Lipinski definition) is 0. The molecule has 472 valence electrons. The first-order valence-corrected chi connectivity index (χ1v) is 40.1. The van der Waals surface area contributed by atoms with E-state index in [1.807, 2.05) is 55.5 Å². The Kier molecular flexibility index (Phi) is 22.0. The fourth-order valence-electron chi connectivity index (χ4n) is 14.7. The fourth-order valence-corrected chi connectivity index (χ4v) is 28.8. The van der Waals surface area contributed by atoms with E-state index in [2.05, 4.69) is 154 Å². The molecule has 0 bridgehead atoms. The van der Waals surface area contributed by atoms with Gasteiger partial charge in [-0.05, 0) is 118 Å². The molecule has 5 aromatic carbocycles. The van der Waals surface area contributed by atoms with Crippen LogP contribution in [-0.4, -0.2) is 118 Å². The topological polar surface area (TPSA) is 133 Å². The van der Waals surface area contributed by atoms with E-state index in [1.54, 1.807) is 30.3 Å². The van der Waals surface area contributed by atoms with E-state index in [4.69, 9.17) is 32.2 Å². The standard InChI is InChI=1S/C73H96O11SSi3/c1-13-52(5)48-55(82-86(14-2,15-3)16-4)43-44-63-53(6)49-56(78-63)50-66(85(76,77)57-32-22-17-23-33-57)62(75)51-65-68(83-87(72(7,8)9,58-34-24-18-25-35-58)59-36-26-19-27-37-59)69-70(81-65)71(67-64(80-69)45-42-54(79-67)46-47-74)84-88(73(10,11)12,60-38-28-20-29-39-60)61-40-30-21-31-41-61/h17-41,47,54-56,63-71H,1,6,14-16,42-46,48-51H2,2-5,7-12H3/t54-,55+,56-,63+,64+,65-,66?,67+,68+,69+,70-,71+/m1/s1. The molecule has 0 N–H and O–H groups in total. The summed E-state index contributed by atoms with van der Waals surface area (Å²) in [6.45, 7) is 30.5. The Morgan fingerprint density at radius 1 is 0.659 bits per heavy atom. The van der Waals surface area contributed by atoms with Gasteiger partial charge in [0, 0.05) is 25.4 Å². The van der Waals surface area contributed by atoms with Crippen molar-refractivity contribution < 1.29 is 50.2 Å². The number of rotatable bonds is 27. The third kappa shape index (κ3) is 14.1. The minimum absolute atomic E-state index is 0.0516. The van der Waals surface area contributed by atoms with Gasteiger partial charge in [0.2, 0.25) is 0 Å². The molecule has 88 heavy (non-hydrogen) atoms. The average Bonchev–Trinajstić information content (AvgIpc) is 1.28. The zero-order valence-electron chi connectivity index (χ0n) is 53.7. The summed E-state index contributed by atoms with van der Waals surface area (Å²) in [4.78, 5) is 28.5. The minimum Gasteiger partial charge on any atom is -0.414 e. The molecule has 15 heteroatoms. The molecule has 0 radical (unpaired) electrons. The van der Waals surface area contributed by atoms with Crippen molar-refractivity contribution in [2.24, 2.45) is 0 Å². The van der Waals surface area contributed by atoms with Gasteiger partial charge < -0.3 is 37.0 Å². The van der Waals surface area contributed by atoms with Gasteiger partial charge in [0.15, 0.2) is 23.9 Å². The zero-order chi connectivity index (χ0) is 63.1. The van der Waals surface area contributed by atoms with E-state index in [0.29, 0.717) is 32.1 Å². The van der Waals surface area contributed by atoms with Crippen LogP contribution in [-0.2, 0) is 51.7 Å². The van der Waals surface area contributed by atoms with E-state index >= 15 is 13.2 Å². The van der Waals surface area contributed by atoms with Crippen molar-refractivity contribution >= 4 is 67.6 Å². The Labute approximate surface area is 529 Å². The second-order valence-corrected chi connectivity index (χ2v) is 42.4. The van der Waals surface area contributed by atoms with Crippen molar-refractivity contribution in [1.29, 1.82) is 0 Å². The zero-order valence-corrected chi connectivity index (χ0v) is 57.6. The van der Waals surface area contributed by atoms with Crippen molar-refractivity contribution in [3.8, 4) is 0 Å². The molecule has 4 aliphatic heterocycles. The monoisotopic (exact) mass is 1260 g/mol. The number of sulfone groups is 1. The number of fused-ring (bicyclic) bond motifs is 2. The molecule has 11 nitrogen and oxygen atoms in total. The van der Waals surface area contributed by atoms with Gasteiger partial charge in [-0.25, -0.2) is 8.42 Å². The largest absolute Gasteiger partial charge is 0.414 e. The molecule has 4 saturated heterocycles. The van der Waals surface area contributed by atoms with Gasteiger partial charge >= 0.3 is 0 Å². The van der Waals surface area contributed by atoms with Gasteiger partial charge in [0.1, 0.15) is 42.1 Å². The highest BCUT2D eigenvalue weighted by molar-refractivity contribution is 7.92. The van der Waals surface area contributed by atoms with Crippen LogP contribution in [0.2, 0.25) is 28.2 Å². The first-order valence-electron chi connectivity index (χ1n) is 32.2. The summed E-state index contributed by atoms with van der Waals surface area (Å²) >= 11 is 0. The highest BCUT2D eigenvalue weighted by atomic mass is 32.2. The van der Waals surface area contributed by atoms with Crippen LogP contribution in [0.5, 0.6) is 0 Å². The minimum atomic E-state index is -4.34. The number of aldehydes is 1. The number of ketones is 1. The van der Waals surface area contributed by atoms with Gasteiger partial charge in [-0.15, -0.1) is 5.73 Å². The van der Waals surface area contributed by atoms with E-state index < -0.39 is 105 Å². The quantitative estimate of drug-likeness (QED) is 0.0215. The highest BCUT2D eigenvalue weighted by Crippen LogP contribution is 2.49. The summed E-state index contributed by atoms with van der Waals surface area (Å²) in [7, 11) is -13.2. The molecule has 4 aliphatic rings. The lowest BCUT2D eigenvalue weighted by molar-refractivity contribution is -0.254. The lowest BCUT2D eigenvalue weighted by atomic mass is 9.88. The molecule has 4 fully saturated rings. The first kappa shape index (κ1) is 67.4. The van der Waals surface area contributed by atoms with Crippen LogP contribution in [0.4, 0.5) is 0 Å². The Balaban J connectivity index is 1.15. The number of ether oxygens (including phenoxy) is 4. The number of benzene rings is 5. The molecule has 0 aliphatic carbocycles. The van der Waals surface area contributed by atoms with Gasteiger partial charge in [0.25, 0.3) is 16.6 Å². The van der Waals surface area contributed by atoms with E-state index in [9.17, 15) is 4.79 Å². The predicted octanol–water partition coefficient (Wildman–Crippen LogP) is 12.7. The van der Waals surface area contributed by atoms with Crippen molar-refractivity contribution in [3.63, 3.8) is 0 Å². The lowest BCUT2D eigenvalue weighted by Gasteiger charge is -2.53. The van der Waals surface area contributed by atoms with Crippen molar-refractivity contribution in [1.82, 2.24) is 0 Å². The summed E-state index contributed by atoms with van der Waals surface area (Å²) in [6.07, 6.45) is -2.73. The second kappa shape index (κ2) is 28.7. The average molecular weight is 1270 g/mol. The van der Waals surface area contributed by atoms with Gasteiger partial charge in [-0.2, -0.15) is 0 Å². The molecule has 5 aromatic rings. The maximum absolute atomic E-state index is 16.1. The maximum atomic E-state index is 16.1. The number of carbonyl (C=O) groups is 2. The predicted molar refractivity (Wildman–Crippen MR) is 359 cm³/mol. The van der Waals surface area contributed by atoms with Crippen LogP contribution in [0.25, 0.3) is 0 Å². The summed E-state index contributed by atoms with van der Waals surface area (Å²) < 4.78 is 83.6. The molecule has 1 unspecified atom stereocenters. The van der Waals surface area contributed by atoms with Crippen molar-refractivity contribution in [2.75, 3.05) is 0 Å². The Hall–Kier alpha value is -4.98. The molecular formula is C73H96O11SSi3. The number of Topliss-reactive ketones (excluding diaryl/α,β-unsaturated/α-hetero) is 1. The molecule has 9 rings (SSSR count). The summed E-state index contributed by atoms with van der Waals surface area (Å²) in [5, 5.41) is 1.68. The maximum Gasteiger partial charge on any atom is 0.261 e. The van der Waals surface area contributed by atoms with Crippen LogP contribution in [0, 0.1) is 0 Å². The number of hydrogen-bond acceptors (Lipinski definition) is 11. The number of carbonyl (C=O) groups excluding carboxylic acids is 2. The van der Waals surface area contributed by atoms with Crippen LogP contribution in [0.1, 0.15) is 127 Å². The van der Waals surface area contributed by atoms with Crippen LogP contribution < -0.4 is 20.7 Å². The molecule has 0 saturated carbocycles. The van der Waals surface area contributed by atoms with Crippen molar-refractivity contribution in [2.45, 2.75) is 233 Å². The van der Waals surface area contributed by atoms with Gasteiger partial charge in [-0.1, -0.05) is 215 Å². The highest BCUT2D eigenvalue weighted by Gasteiger charge is 2.65. The van der Waals surface area contributed by atoms with Crippen LogP contribution in [0.3, 0.4) is 0 Å². The van der Waals surface area contributed by atoms with Crippen LogP contribution in [0.15, 0.2) is 187 Å². The summed E-state index contributed by atoms with van der Waals surface area (Å²) in [5.41, 5.74) is 5.00. The second-order valence-electron chi connectivity index (χ2n) is 27.1. The first-order chi connectivity index (χ1) is 42.1. The smallest absolute Gasteiger partial charge is 0.261 e.